The Morgan fingerprint density at radius 3 is 2.36 bits per heavy atom. The van der Waals surface area contributed by atoms with Crippen molar-refractivity contribution < 1.29 is 9.16 Å². The standard InChI is InChI=1S/C19H28O2Si/c1-19(2,3)22(4,5)21-18-13-10-16(11-14-18)9-12-17-8-6-7-15-20-17/h10-11,13-14,17H,6-8,15H2,1-5H3/t17-/m1/s1. The Hall–Kier alpha value is -1.24. The van der Waals surface area contributed by atoms with E-state index in [-0.39, 0.29) is 11.1 Å². The molecule has 120 valence electrons. The third-order valence-electron chi connectivity index (χ3n) is 4.59. The van der Waals surface area contributed by atoms with Crippen molar-refractivity contribution in [3.63, 3.8) is 0 Å². The van der Waals surface area contributed by atoms with Gasteiger partial charge in [-0.3, -0.25) is 0 Å². The lowest BCUT2D eigenvalue weighted by Gasteiger charge is -2.36. The molecule has 0 unspecified atom stereocenters. The van der Waals surface area contributed by atoms with Gasteiger partial charge in [-0.05, 0) is 61.7 Å². The van der Waals surface area contributed by atoms with Gasteiger partial charge in [0.2, 0.25) is 8.32 Å². The zero-order chi connectivity index (χ0) is 16.2. The Bertz CT molecular complexity index is 538. The van der Waals surface area contributed by atoms with Gasteiger partial charge in [0.1, 0.15) is 11.9 Å². The Kier molecular flexibility index (Phi) is 5.36. The lowest BCUT2D eigenvalue weighted by molar-refractivity contribution is 0.0526. The van der Waals surface area contributed by atoms with Crippen molar-refractivity contribution >= 4 is 8.32 Å². The van der Waals surface area contributed by atoms with Crippen LogP contribution in [0.1, 0.15) is 45.6 Å². The highest BCUT2D eigenvalue weighted by atomic mass is 28.4. The molecule has 0 radical (unpaired) electrons. The largest absolute Gasteiger partial charge is 0.544 e. The summed E-state index contributed by atoms with van der Waals surface area (Å²) in [5.41, 5.74) is 1.02. The van der Waals surface area contributed by atoms with E-state index in [1.54, 1.807) is 0 Å². The summed E-state index contributed by atoms with van der Waals surface area (Å²) in [5.74, 6) is 7.39. The van der Waals surface area contributed by atoms with Gasteiger partial charge >= 0.3 is 0 Å². The summed E-state index contributed by atoms with van der Waals surface area (Å²) in [4.78, 5) is 0. The van der Waals surface area contributed by atoms with Crippen LogP contribution in [-0.4, -0.2) is 21.0 Å². The first-order valence-electron chi connectivity index (χ1n) is 8.20. The molecule has 1 aliphatic rings. The highest BCUT2D eigenvalue weighted by Gasteiger charge is 2.38. The fraction of sp³-hybridized carbons (Fsp3) is 0.579. The number of benzene rings is 1. The molecule has 1 fully saturated rings. The van der Waals surface area contributed by atoms with Crippen molar-refractivity contribution in [2.24, 2.45) is 0 Å². The fourth-order valence-electron chi connectivity index (χ4n) is 2.07. The Morgan fingerprint density at radius 2 is 1.82 bits per heavy atom. The third kappa shape index (κ3) is 4.63. The first-order valence-corrected chi connectivity index (χ1v) is 11.1. The monoisotopic (exact) mass is 316 g/mol. The summed E-state index contributed by atoms with van der Waals surface area (Å²) in [6, 6.07) is 8.15. The maximum Gasteiger partial charge on any atom is 0.250 e. The molecule has 1 aromatic rings. The Morgan fingerprint density at radius 1 is 1.14 bits per heavy atom. The van der Waals surface area contributed by atoms with Gasteiger partial charge in [-0.2, -0.15) is 0 Å². The molecule has 0 aromatic heterocycles. The molecule has 0 spiro atoms. The van der Waals surface area contributed by atoms with E-state index in [4.69, 9.17) is 9.16 Å². The molecule has 0 saturated carbocycles. The summed E-state index contributed by atoms with van der Waals surface area (Å²) in [6.07, 6.45) is 3.55. The molecule has 0 bridgehead atoms. The van der Waals surface area contributed by atoms with E-state index in [0.29, 0.717) is 0 Å². The van der Waals surface area contributed by atoms with E-state index in [1.807, 2.05) is 24.3 Å². The minimum atomic E-state index is -1.76. The molecule has 1 saturated heterocycles. The van der Waals surface area contributed by atoms with Crippen LogP contribution in [0.15, 0.2) is 24.3 Å². The lowest BCUT2D eigenvalue weighted by Crippen LogP contribution is -2.43. The molecule has 1 heterocycles. The van der Waals surface area contributed by atoms with Gasteiger partial charge in [0.25, 0.3) is 0 Å². The van der Waals surface area contributed by atoms with Crippen LogP contribution < -0.4 is 4.43 Å². The average Bonchev–Trinajstić information content (AvgIpc) is 2.46. The highest BCUT2D eigenvalue weighted by molar-refractivity contribution is 6.74. The van der Waals surface area contributed by atoms with Gasteiger partial charge in [-0.25, -0.2) is 0 Å². The van der Waals surface area contributed by atoms with Crippen LogP contribution in [0, 0.1) is 11.8 Å². The zero-order valence-electron chi connectivity index (χ0n) is 14.5. The topological polar surface area (TPSA) is 18.5 Å². The fourth-order valence-corrected chi connectivity index (χ4v) is 3.10. The highest BCUT2D eigenvalue weighted by Crippen LogP contribution is 2.37. The van der Waals surface area contributed by atoms with E-state index >= 15 is 0 Å². The summed E-state index contributed by atoms with van der Waals surface area (Å²) >= 11 is 0. The molecule has 3 heteroatoms. The molecule has 2 rings (SSSR count). The number of hydrogen-bond acceptors (Lipinski definition) is 2. The predicted molar refractivity (Wildman–Crippen MR) is 94.7 cm³/mol. The zero-order valence-corrected chi connectivity index (χ0v) is 15.5. The van der Waals surface area contributed by atoms with Crippen LogP contribution in [0.3, 0.4) is 0 Å². The van der Waals surface area contributed by atoms with Crippen LogP contribution in [0.5, 0.6) is 5.75 Å². The average molecular weight is 317 g/mol. The molecule has 0 aliphatic carbocycles. The van der Waals surface area contributed by atoms with Crippen molar-refractivity contribution in [3.8, 4) is 17.6 Å². The van der Waals surface area contributed by atoms with Crippen molar-refractivity contribution in [1.29, 1.82) is 0 Å². The molecule has 22 heavy (non-hydrogen) atoms. The van der Waals surface area contributed by atoms with Crippen LogP contribution >= 0.6 is 0 Å². The van der Waals surface area contributed by atoms with Crippen molar-refractivity contribution in [2.45, 2.75) is 64.3 Å². The first kappa shape index (κ1) is 17.1. The second kappa shape index (κ2) is 6.89. The quantitative estimate of drug-likeness (QED) is 0.565. The predicted octanol–water partition coefficient (Wildman–Crippen LogP) is 4.99. The number of ether oxygens (including phenoxy) is 1. The minimum absolute atomic E-state index is 0.108. The van der Waals surface area contributed by atoms with Crippen molar-refractivity contribution in [1.82, 2.24) is 0 Å². The number of rotatable bonds is 2. The number of hydrogen-bond donors (Lipinski definition) is 0. The van der Waals surface area contributed by atoms with Gasteiger partial charge in [0.05, 0.1) is 0 Å². The minimum Gasteiger partial charge on any atom is -0.544 e. The SMILES string of the molecule is CC(C)(C)[Si](C)(C)Oc1ccc(C#C[C@H]2CCCCO2)cc1. The maximum absolute atomic E-state index is 6.28. The molecule has 0 N–H and O–H groups in total. The molecular weight excluding hydrogens is 288 g/mol. The van der Waals surface area contributed by atoms with Gasteiger partial charge in [0.15, 0.2) is 0 Å². The second-order valence-electron chi connectivity index (χ2n) is 7.51. The smallest absolute Gasteiger partial charge is 0.250 e. The second-order valence-corrected chi connectivity index (χ2v) is 12.2. The van der Waals surface area contributed by atoms with E-state index in [0.717, 1.165) is 30.8 Å². The third-order valence-corrected chi connectivity index (χ3v) is 8.95. The van der Waals surface area contributed by atoms with E-state index in [2.05, 4.69) is 45.7 Å². The molecule has 1 atom stereocenters. The first-order chi connectivity index (χ1) is 10.3. The molecular formula is C19H28O2Si. The Labute approximate surface area is 136 Å². The molecule has 0 amide bonds. The van der Waals surface area contributed by atoms with Crippen LogP contribution in [0.2, 0.25) is 18.1 Å². The summed E-state index contributed by atoms with van der Waals surface area (Å²) in [5, 5.41) is 0.212. The van der Waals surface area contributed by atoms with Crippen LogP contribution in [-0.2, 0) is 4.74 Å². The molecule has 1 aliphatic heterocycles. The van der Waals surface area contributed by atoms with Crippen LogP contribution in [0.4, 0.5) is 0 Å². The summed E-state index contributed by atoms with van der Waals surface area (Å²) in [6.45, 7) is 12.1. The summed E-state index contributed by atoms with van der Waals surface area (Å²) < 4.78 is 11.9. The summed E-state index contributed by atoms with van der Waals surface area (Å²) in [7, 11) is -1.76. The van der Waals surface area contributed by atoms with Gasteiger partial charge in [0, 0.05) is 12.2 Å². The van der Waals surface area contributed by atoms with Gasteiger partial charge in [-0.15, -0.1) is 0 Å². The normalized spacial score (nSPS) is 19.2. The van der Waals surface area contributed by atoms with Gasteiger partial charge < -0.3 is 9.16 Å². The van der Waals surface area contributed by atoms with Crippen LogP contribution in [0.25, 0.3) is 0 Å². The molecule has 2 nitrogen and oxygen atoms in total. The van der Waals surface area contributed by atoms with Crippen molar-refractivity contribution in [2.75, 3.05) is 6.61 Å². The van der Waals surface area contributed by atoms with Crippen molar-refractivity contribution in [3.05, 3.63) is 29.8 Å². The van der Waals surface area contributed by atoms with E-state index in [9.17, 15) is 0 Å². The van der Waals surface area contributed by atoms with Gasteiger partial charge in [-0.1, -0.05) is 32.6 Å². The lowest BCUT2D eigenvalue weighted by atomic mass is 10.1. The Balaban J connectivity index is 2.00. The van der Waals surface area contributed by atoms with E-state index < -0.39 is 8.32 Å². The molecule has 1 aromatic carbocycles. The van der Waals surface area contributed by atoms with E-state index in [1.165, 1.54) is 6.42 Å². The maximum atomic E-state index is 6.28.